The number of carbonyl (C=O) groups excluding carboxylic acids is 3. The Morgan fingerprint density at radius 2 is 1.86 bits per heavy atom. The van der Waals surface area contributed by atoms with Crippen molar-refractivity contribution >= 4 is 17.8 Å². The van der Waals surface area contributed by atoms with E-state index in [2.05, 4.69) is 0 Å². The zero-order chi connectivity index (χ0) is 15.7. The average molecular weight is 286 g/mol. The molecular formula is C15H14N2O4. The molecule has 0 aliphatic carbocycles. The summed E-state index contributed by atoms with van der Waals surface area (Å²) in [7, 11) is 0. The summed E-state index contributed by atoms with van der Waals surface area (Å²) in [5.41, 5.74) is 1.41. The monoisotopic (exact) mass is 286 g/mol. The van der Waals surface area contributed by atoms with Crippen LogP contribution in [0.15, 0.2) is 18.2 Å². The van der Waals surface area contributed by atoms with Crippen LogP contribution >= 0.6 is 0 Å². The lowest BCUT2D eigenvalue weighted by Crippen LogP contribution is -2.44. The van der Waals surface area contributed by atoms with Crippen LogP contribution in [-0.2, 0) is 9.53 Å². The molecule has 2 amide bonds. The van der Waals surface area contributed by atoms with E-state index in [1.165, 1.54) is 13.8 Å². The first-order valence-corrected chi connectivity index (χ1v) is 6.45. The first-order valence-electron chi connectivity index (χ1n) is 6.45. The van der Waals surface area contributed by atoms with E-state index in [0.717, 1.165) is 10.5 Å². The number of amides is 2. The van der Waals surface area contributed by atoms with Gasteiger partial charge in [0.05, 0.1) is 11.1 Å². The standard InChI is InChI=1S/C15H14N2O4/c1-8-4-5-11-12(6-8)14(19)17(13(11)18)10(3)15(20)21-9(2)7-16/h4-6,9-10H,1-3H3/t9-,10-/m0/s1. The number of rotatable bonds is 3. The Balaban J connectivity index is 2.27. The number of imide groups is 1. The Morgan fingerprint density at radius 3 is 2.48 bits per heavy atom. The van der Waals surface area contributed by atoms with Crippen molar-refractivity contribution in [2.75, 3.05) is 0 Å². The highest BCUT2D eigenvalue weighted by Gasteiger charge is 2.41. The third-order valence-corrected chi connectivity index (χ3v) is 3.28. The van der Waals surface area contributed by atoms with Crippen LogP contribution in [-0.4, -0.2) is 34.8 Å². The molecule has 0 spiro atoms. The molecule has 0 saturated heterocycles. The predicted octanol–water partition coefficient (Wildman–Crippen LogP) is 1.43. The van der Waals surface area contributed by atoms with Crippen LogP contribution in [0.2, 0.25) is 0 Å². The topological polar surface area (TPSA) is 87.5 Å². The van der Waals surface area contributed by atoms with E-state index in [4.69, 9.17) is 10.00 Å². The van der Waals surface area contributed by atoms with Gasteiger partial charge < -0.3 is 4.74 Å². The van der Waals surface area contributed by atoms with E-state index in [1.54, 1.807) is 24.3 Å². The van der Waals surface area contributed by atoms with Gasteiger partial charge in [-0.05, 0) is 32.9 Å². The molecule has 0 radical (unpaired) electrons. The van der Waals surface area contributed by atoms with Crippen LogP contribution in [0.4, 0.5) is 0 Å². The maximum Gasteiger partial charge on any atom is 0.330 e. The van der Waals surface area contributed by atoms with Crippen LogP contribution < -0.4 is 0 Å². The molecule has 2 atom stereocenters. The maximum atomic E-state index is 12.3. The van der Waals surface area contributed by atoms with Crippen molar-refractivity contribution in [1.29, 1.82) is 5.26 Å². The zero-order valence-electron chi connectivity index (χ0n) is 11.9. The van der Waals surface area contributed by atoms with E-state index >= 15 is 0 Å². The summed E-state index contributed by atoms with van der Waals surface area (Å²) >= 11 is 0. The van der Waals surface area contributed by atoms with Gasteiger partial charge in [-0.1, -0.05) is 11.6 Å². The second-order valence-electron chi connectivity index (χ2n) is 4.91. The van der Waals surface area contributed by atoms with Crippen molar-refractivity contribution in [3.05, 3.63) is 34.9 Å². The minimum absolute atomic E-state index is 0.276. The van der Waals surface area contributed by atoms with E-state index in [0.29, 0.717) is 0 Å². The maximum absolute atomic E-state index is 12.3. The lowest BCUT2D eigenvalue weighted by molar-refractivity contribution is -0.150. The highest BCUT2D eigenvalue weighted by atomic mass is 16.5. The van der Waals surface area contributed by atoms with Gasteiger partial charge in [0.25, 0.3) is 11.8 Å². The van der Waals surface area contributed by atoms with E-state index in [1.807, 2.05) is 6.92 Å². The second-order valence-corrected chi connectivity index (χ2v) is 4.91. The molecule has 1 aliphatic rings. The lowest BCUT2D eigenvalue weighted by atomic mass is 10.1. The van der Waals surface area contributed by atoms with Gasteiger partial charge in [0.15, 0.2) is 6.10 Å². The fourth-order valence-electron chi connectivity index (χ4n) is 2.13. The number of nitrogens with zero attached hydrogens (tertiary/aromatic N) is 2. The van der Waals surface area contributed by atoms with Crippen molar-refractivity contribution in [1.82, 2.24) is 4.90 Å². The predicted molar refractivity (Wildman–Crippen MR) is 72.3 cm³/mol. The lowest BCUT2D eigenvalue weighted by Gasteiger charge is -2.21. The quantitative estimate of drug-likeness (QED) is 0.619. The molecular weight excluding hydrogens is 272 g/mol. The number of hydrogen-bond donors (Lipinski definition) is 0. The minimum atomic E-state index is -1.08. The summed E-state index contributed by atoms with van der Waals surface area (Å²) in [4.78, 5) is 37.3. The van der Waals surface area contributed by atoms with Gasteiger partial charge in [0.2, 0.25) is 0 Å². The molecule has 1 aromatic rings. The number of esters is 1. The largest absolute Gasteiger partial charge is 0.446 e. The Hall–Kier alpha value is -2.68. The summed E-state index contributed by atoms with van der Waals surface area (Å²) in [6, 6.07) is 5.60. The van der Waals surface area contributed by atoms with Crippen molar-refractivity contribution in [2.24, 2.45) is 0 Å². The Morgan fingerprint density at radius 1 is 1.24 bits per heavy atom. The van der Waals surface area contributed by atoms with Crippen LogP contribution in [0.3, 0.4) is 0 Å². The molecule has 0 fully saturated rings. The smallest absolute Gasteiger partial charge is 0.330 e. The first kappa shape index (κ1) is 14.7. The van der Waals surface area contributed by atoms with E-state index < -0.39 is 29.9 Å². The molecule has 21 heavy (non-hydrogen) atoms. The SMILES string of the molecule is Cc1ccc2c(c1)C(=O)N([C@@H](C)C(=O)O[C@@H](C)C#N)C2=O. The molecule has 6 nitrogen and oxygen atoms in total. The Bertz CT molecular complexity index is 675. The molecule has 1 aliphatic heterocycles. The number of carbonyl (C=O) groups is 3. The van der Waals surface area contributed by atoms with Crippen LogP contribution in [0.1, 0.15) is 40.1 Å². The Kier molecular flexibility index (Phi) is 3.76. The second kappa shape index (κ2) is 5.37. The van der Waals surface area contributed by atoms with Crippen molar-refractivity contribution in [3.63, 3.8) is 0 Å². The Labute approximate surface area is 121 Å². The van der Waals surface area contributed by atoms with Gasteiger partial charge in [-0.2, -0.15) is 5.26 Å². The summed E-state index contributed by atoms with van der Waals surface area (Å²) in [5, 5.41) is 8.63. The molecule has 0 bridgehead atoms. The van der Waals surface area contributed by atoms with Crippen molar-refractivity contribution in [2.45, 2.75) is 32.9 Å². The fraction of sp³-hybridized carbons (Fsp3) is 0.333. The number of fused-ring (bicyclic) bond motifs is 1. The molecule has 108 valence electrons. The molecule has 0 N–H and O–H groups in total. The third kappa shape index (κ3) is 2.50. The van der Waals surface area contributed by atoms with Gasteiger partial charge in [0, 0.05) is 0 Å². The summed E-state index contributed by atoms with van der Waals surface area (Å²) in [5.74, 6) is -1.83. The average Bonchev–Trinajstić information content (AvgIpc) is 2.69. The summed E-state index contributed by atoms with van der Waals surface area (Å²) in [6.07, 6.45) is -0.933. The van der Waals surface area contributed by atoms with Gasteiger partial charge in [-0.3, -0.25) is 14.5 Å². The summed E-state index contributed by atoms with van der Waals surface area (Å²) in [6.45, 7) is 4.63. The van der Waals surface area contributed by atoms with Crippen LogP contribution in [0, 0.1) is 18.3 Å². The zero-order valence-corrected chi connectivity index (χ0v) is 11.9. The minimum Gasteiger partial charge on any atom is -0.446 e. The van der Waals surface area contributed by atoms with Gasteiger partial charge >= 0.3 is 5.97 Å². The molecule has 0 saturated carbocycles. The van der Waals surface area contributed by atoms with Gasteiger partial charge in [-0.25, -0.2) is 4.79 Å². The highest BCUT2D eigenvalue weighted by molar-refractivity contribution is 6.22. The highest BCUT2D eigenvalue weighted by Crippen LogP contribution is 2.26. The molecule has 2 rings (SSSR count). The normalized spacial score (nSPS) is 16.2. The first-order chi connectivity index (χ1) is 9.86. The van der Waals surface area contributed by atoms with Crippen LogP contribution in [0.5, 0.6) is 0 Å². The van der Waals surface area contributed by atoms with E-state index in [9.17, 15) is 14.4 Å². The van der Waals surface area contributed by atoms with Gasteiger partial charge in [0.1, 0.15) is 12.1 Å². The fourth-order valence-corrected chi connectivity index (χ4v) is 2.13. The van der Waals surface area contributed by atoms with Crippen LogP contribution in [0.25, 0.3) is 0 Å². The van der Waals surface area contributed by atoms with E-state index in [-0.39, 0.29) is 11.1 Å². The number of hydrogen-bond acceptors (Lipinski definition) is 5. The third-order valence-electron chi connectivity index (χ3n) is 3.28. The molecule has 0 aromatic heterocycles. The number of ether oxygens (including phenoxy) is 1. The molecule has 6 heteroatoms. The number of benzene rings is 1. The molecule has 0 unspecified atom stereocenters. The van der Waals surface area contributed by atoms with Crippen molar-refractivity contribution in [3.8, 4) is 6.07 Å². The number of nitriles is 1. The summed E-state index contributed by atoms with van der Waals surface area (Å²) < 4.78 is 4.85. The van der Waals surface area contributed by atoms with Crippen molar-refractivity contribution < 1.29 is 19.1 Å². The molecule has 1 aromatic carbocycles. The number of aryl methyl sites for hydroxylation is 1. The van der Waals surface area contributed by atoms with Gasteiger partial charge in [-0.15, -0.1) is 0 Å². The molecule has 1 heterocycles.